The van der Waals surface area contributed by atoms with E-state index in [9.17, 15) is 0 Å². The summed E-state index contributed by atoms with van der Waals surface area (Å²) < 4.78 is 0. The molecule has 6 heteroatoms. The third-order valence-electron chi connectivity index (χ3n) is 5.98. The first-order chi connectivity index (χ1) is 13.1. The molecule has 0 spiro atoms. The lowest BCUT2D eigenvalue weighted by molar-refractivity contribution is 0.107. The molecule has 2 aromatic rings. The van der Waals surface area contributed by atoms with Crippen LogP contribution < -0.4 is 10.6 Å². The van der Waals surface area contributed by atoms with Gasteiger partial charge in [-0.15, -0.1) is 0 Å². The summed E-state index contributed by atoms with van der Waals surface area (Å²) in [5.41, 5.74) is 3.27. The molecule has 0 bridgehead atoms. The monoisotopic (exact) mass is 366 g/mol. The molecule has 1 saturated carbocycles. The first-order valence-corrected chi connectivity index (χ1v) is 10.2. The summed E-state index contributed by atoms with van der Waals surface area (Å²) in [5.74, 6) is 2.12. The highest BCUT2D eigenvalue weighted by Crippen LogP contribution is 2.28. The molecule has 0 amide bonds. The lowest BCUT2D eigenvalue weighted by Crippen LogP contribution is -2.52. The van der Waals surface area contributed by atoms with Crippen LogP contribution in [0.3, 0.4) is 0 Å². The third kappa shape index (κ3) is 3.90. The number of aromatic nitrogens is 2. The molecule has 0 radical (unpaired) electrons. The first kappa shape index (κ1) is 18.2. The van der Waals surface area contributed by atoms with Gasteiger partial charge in [-0.2, -0.15) is 0 Å². The third-order valence-corrected chi connectivity index (χ3v) is 5.98. The number of hydrogen-bond donors (Lipinski definition) is 2. The summed E-state index contributed by atoms with van der Waals surface area (Å²) in [7, 11) is 0. The Morgan fingerprint density at radius 3 is 2.81 bits per heavy atom. The summed E-state index contributed by atoms with van der Waals surface area (Å²) in [6.45, 7) is 8.13. The zero-order chi connectivity index (χ0) is 18.8. The van der Waals surface area contributed by atoms with Gasteiger partial charge < -0.3 is 5.32 Å². The molecule has 2 N–H and O–H groups in total. The zero-order valence-corrected chi connectivity index (χ0v) is 16.6. The van der Waals surface area contributed by atoms with Gasteiger partial charge in [-0.3, -0.25) is 10.2 Å². The van der Waals surface area contributed by atoms with Gasteiger partial charge in [-0.05, 0) is 49.8 Å². The molecule has 0 unspecified atom stereocenters. The number of aryl methyl sites for hydroxylation is 2. The predicted octanol–water partition coefficient (Wildman–Crippen LogP) is 3.67. The van der Waals surface area contributed by atoms with Crippen LogP contribution >= 0.6 is 0 Å². The second kappa shape index (κ2) is 7.80. The van der Waals surface area contributed by atoms with Gasteiger partial charge in [0.25, 0.3) is 0 Å². The van der Waals surface area contributed by atoms with Crippen molar-refractivity contribution in [3.05, 3.63) is 29.5 Å². The van der Waals surface area contributed by atoms with E-state index in [1.54, 1.807) is 0 Å². The van der Waals surface area contributed by atoms with E-state index in [2.05, 4.69) is 57.5 Å². The summed E-state index contributed by atoms with van der Waals surface area (Å²) in [5, 5.41) is 7.79. The number of anilines is 1. The molecule has 0 saturated heterocycles. The van der Waals surface area contributed by atoms with Crippen molar-refractivity contribution in [2.75, 3.05) is 18.7 Å². The minimum Gasteiger partial charge on any atom is -0.343 e. The van der Waals surface area contributed by atoms with E-state index >= 15 is 0 Å². The number of guanidine groups is 1. The average molecular weight is 367 g/mol. The standard InChI is InChI=1S/C21H30N6/c1-4-16-9-10-18-17(11-16)15(3)24-21(25-18)26-20-22-12-27(13-23-20)19-8-6-5-7-14(19)2/h9-11,14,19H,4-8,12-13H2,1-3H3,(H2,22,23,24,25,26)/t14-,19+/m1/s1. The van der Waals surface area contributed by atoms with Crippen LogP contribution in [0.15, 0.2) is 23.2 Å². The van der Waals surface area contributed by atoms with Crippen molar-refractivity contribution in [1.29, 1.82) is 0 Å². The summed E-state index contributed by atoms with van der Waals surface area (Å²) >= 11 is 0. The van der Waals surface area contributed by atoms with Gasteiger partial charge in [0.1, 0.15) is 0 Å². The molecule has 4 rings (SSSR count). The normalized spacial score (nSPS) is 23.7. The fraction of sp³-hybridized carbons (Fsp3) is 0.571. The van der Waals surface area contributed by atoms with Crippen LogP contribution in [0.1, 0.15) is 50.8 Å². The van der Waals surface area contributed by atoms with Crippen molar-refractivity contribution in [2.45, 2.75) is 58.9 Å². The van der Waals surface area contributed by atoms with Gasteiger partial charge in [0.05, 0.1) is 24.5 Å². The van der Waals surface area contributed by atoms with Crippen LogP contribution in [-0.2, 0) is 6.42 Å². The van der Waals surface area contributed by atoms with Crippen molar-refractivity contribution < 1.29 is 0 Å². The average Bonchev–Trinajstić information content (AvgIpc) is 2.69. The van der Waals surface area contributed by atoms with Gasteiger partial charge >= 0.3 is 0 Å². The van der Waals surface area contributed by atoms with Crippen LogP contribution in [0.25, 0.3) is 10.9 Å². The van der Waals surface area contributed by atoms with E-state index in [0.717, 1.165) is 48.2 Å². The minimum atomic E-state index is 0.606. The van der Waals surface area contributed by atoms with E-state index in [1.807, 2.05) is 6.92 Å². The molecule has 1 aliphatic heterocycles. The molecule has 1 aromatic heterocycles. The molecule has 1 fully saturated rings. The van der Waals surface area contributed by atoms with Crippen LogP contribution in [0, 0.1) is 12.8 Å². The Kier molecular flexibility index (Phi) is 5.25. The van der Waals surface area contributed by atoms with Crippen molar-refractivity contribution in [3.63, 3.8) is 0 Å². The maximum absolute atomic E-state index is 4.69. The van der Waals surface area contributed by atoms with Gasteiger partial charge in [0.2, 0.25) is 11.9 Å². The van der Waals surface area contributed by atoms with E-state index in [1.165, 1.54) is 31.2 Å². The fourth-order valence-electron chi connectivity index (χ4n) is 4.30. The molecule has 6 nitrogen and oxygen atoms in total. The van der Waals surface area contributed by atoms with Crippen molar-refractivity contribution >= 4 is 22.8 Å². The number of rotatable bonds is 3. The SMILES string of the molecule is CCc1ccc2nc(NC3=NCN([C@H]4CCCC[C@H]4C)CN3)nc(C)c2c1. The molecule has 1 aromatic carbocycles. The number of benzene rings is 1. The Morgan fingerprint density at radius 2 is 2.07 bits per heavy atom. The molecule has 144 valence electrons. The first-order valence-electron chi connectivity index (χ1n) is 10.2. The van der Waals surface area contributed by atoms with Crippen molar-refractivity contribution in [3.8, 4) is 0 Å². The summed E-state index contributed by atoms with van der Waals surface area (Å²) in [6.07, 6.45) is 6.34. The molecular formula is C21H30N6. The lowest BCUT2D eigenvalue weighted by Gasteiger charge is -2.39. The number of fused-ring (bicyclic) bond motifs is 1. The Labute approximate surface area is 161 Å². The van der Waals surface area contributed by atoms with Crippen LogP contribution in [-0.4, -0.2) is 40.2 Å². The van der Waals surface area contributed by atoms with E-state index < -0.39 is 0 Å². The quantitative estimate of drug-likeness (QED) is 0.868. The molecule has 27 heavy (non-hydrogen) atoms. The zero-order valence-electron chi connectivity index (χ0n) is 16.6. The highest BCUT2D eigenvalue weighted by Gasteiger charge is 2.28. The Balaban J connectivity index is 1.46. The number of nitrogens with one attached hydrogen (secondary N) is 2. The van der Waals surface area contributed by atoms with Crippen LogP contribution in [0.2, 0.25) is 0 Å². The second-order valence-electron chi connectivity index (χ2n) is 7.86. The van der Waals surface area contributed by atoms with E-state index in [-0.39, 0.29) is 0 Å². The topological polar surface area (TPSA) is 65.4 Å². The summed E-state index contributed by atoms with van der Waals surface area (Å²) in [6, 6.07) is 7.05. The Morgan fingerprint density at radius 1 is 1.22 bits per heavy atom. The molecule has 1 aliphatic carbocycles. The van der Waals surface area contributed by atoms with Crippen LogP contribution in [0.4, 0.5) is 5.95 Å². The molecular weight excluding hydrogens is 336 g/mol. The molecule has 2 aliphatic rings. The van der Waals surface area contributed by atoms with Crippen molar-refractivity contribution in [2.24, 2.45) is 10.9 Å². The Bertz CT molecular complexity index is 846. The van der Waals surface area contributed by atoms with Crippen molar-refractivity contribution in [1.82, 2.24) is 20.2 Å². The predicted molar refractivity (Wildman–Crippen MR) is 111 cm³/mol. The number of aliphatic imine (C=N–C) groups is 1. The van der Waals surface area contributed by atoms with Crippen LogP contribution in [0.5, 0.6) is 0 Å². The highest BCUT2D eigenvalue weighted by molar-refractivity contribution is 5.93. The highest BCUT2D eigenvalue weighted by atomic mass is 15.4. The maximum Gasteiger partial charge on any atom is 0.230 e. The fourth-order valence-corrected chi connectivity index (χ4v) is 4.30. The second-order valence-corrected chi connectivity index (χ2v) is 7.86. The van der Waals surface area contributed by atoms with Gasteiger partial charge in [0, 0.05) is 11.4 Å². The molecule has 2 heterocycles. The maximum atomic E-state index is 4.69. The van der Waals surface area contributed by atoms with E-state index in [0.29, 0.717) is 12.0 Å². The molecule has 2 atom stereocenters. The Hall–Kier alpha value is -2.21. The van der Waals surface area contributed by atoms with Gasteiger partial charge in [0.15, 0.2) is 0 Å². The number of hydrogen-bond acceptors (Lipinski definition) is 6. The smallest absolute Gasteiger partial charge is 0.230 e. The lowest BCUT2D eigenvalue weighted by atomic mass is 9.85. The number of nitrogens with zero attached hydrogens (tertiary/aromatic N) is 4. The largest absolute Gasteiger partial charge is 0.343 e. The summed E-state index contributed by atoms with van der Waals surface area (Å²) in [4.78, 5) is 16.5. The van der Waals surface area contributed by atoms with Gasteiger partial charge in [-0.1, -0.05) is 32.8 Å². The minimum absolute atomic E-state index is 0.606. The van der Waals surface area contributed by atoms with E-state index in [4.69, 9.17) is 4.99 Å². The van der Waals surface area contributed by atoms with Gasteiger partial charge in [-0.25, -0.2) is 15.0 Å².